The number of rotatable bonds is 9. The maximum absolute atomic E-state index is 12.7. The molecule has 5 nitrogen and oxygen atoms in total. The van der Waals surface area contributed by atoms with Crippen molar-refractivity contribution in [2.24, 2.45) is 0 Å². The predicted molar refractivity (Wildman–Crippen MR) is 120 cm³/mol. The lowest BCUT2D eigenvalue weighted by Gasteiger charge is -2.21. The molecule has 2 heterocycles. The molecule has 1 fully saturated rings. The van der Waals surface area contributed by atoms with Gasteiger partial charge in [-0.15, -0.1) is 11.3 Å². The van der Waals surface area contributed by atoms with Gasteiger partial charge in [-0.3, -0.25) is 14.2 Å². The molecule has 152 valence electrons. The Balaban J connectivity index is 1.28. The average molecular weight is 428 g/mol. The number of thiophene rings is 1. The van der Waals surface area contributed by atoms with E-state index in [0.29, 0.717) is 29.2 Å². The van der Waals surface area contributed by atoms with Crippen molar-refractivity contribution >= 4 is 40.4 Å². The molecule has 29 heavy (non-hydrogen) atoms. The topological polar surface area (TPSA) is 58.1 Å². The Labute approximate surface area is 179 Å². The Morgan fingerprint density at radius 3 is 2.76 bits per heavy atom. The van der Waals surface area contributed by atoms with Crippen LogP contribution in [0.4, 0.5) is 0 Å². The number of carbonyl (C=O) groups excluding carboxylic acids is 1. The van der Waals surface area contributed by atoms with Gasteiger partial charge in [-0.2, -0.15) is 0 Å². The highest BCUT2D eigenvalue weighted by molar-refractivity contribution is 7.71. The van der Waals surface area contributed by atoms with Gasteiger partial charge < -0.3 is 9.88 Å². The van der Waals surface area contributed by atoms with Crippen molar-refractivity contribution in [3.63, 3.8) is 0 Å². The molecule has 4 rings (SSSR count). The molecular formula is C22H25N3O2S2. The summed E-state index contributed by atoms with van der Waals surface area (Å²) in [4.78, 5) is 31.8. The number of fused-ring (bicyclic) bond motifs is 1. The molecule has 0 bridgehead atoms. The molecule has 0 unspecified atom stereocenters. The number of aromatic amines is 1. The minimum absolute atomic E-state index is 0.0451. The average Bonchev–Trinajstić information content (AvgIpc) is 3.43. The van der Waals surface area contributed by atoms with Crippen molar-refractivity contribution in [3.05, 3.63) is 61.8 Å². The smallest absolute Gasteiger partial charge is 0.262 e. The largest absolute Gasteiger partial charge is 0.335 e. The van der Waals surface area contributed by atoms with Crippen LogP contribution < -0.4 is 5.56 Å². The van der Waals surface area contributed by atoms with Gasteiger partial charge in [0.1, 0.15) is 0 Å². The van der Waals surface area contributed by atoms with Crippen LogP contribution >= 0.6 is 23.6 Å². The zero-order chi connectivity index (χ0) is 20.2. The second kappa shape index (κ2) is 9.05. The van der Waals surface area contributed by atoms with Crippen LogP contribution in [-0.4, -0.2) is 26.4 Å². The molecule has 2 aromatic heterocycles. The minimum atomic E-state index is -0.0451. The highest BCUT2D eigenvalue weighted by Crippen LogP contribution is 2.30. The third kappa shape index (κ3) is 4.85. The minimum Gasteiger partial charge on any atom is -0.335 e. The van der Waals surface area contributed by atoms with E-state index in [1.807, 2.05) is 30.3 Å². The first-order valence-corrected chi connectivity index (χ1v) is 11.5. The van der Waals surface area contributed by atoms with E-state index in [-0.39, 0.29) is 11.5 Å². The van der Waals surface area contributed by atoms with Crippen molar-refractivity contribution in [1.29, 1.82) is 0 Å². The van der Waals surface area contributed by atoms with E-state index in [1.54, 1.807) is 15.9 Å². The lowest BCUT2D eigenvalue weighted by Crippen LogP contribution is -2.32. The second-order valence-electron chi connectivity index (χ2n) is 7.58. The van der Waals surface area contributed by atoms with Gasteiger partial charge in [-0.05, 0) is 61.5 Å². The quantitative estimate of drug-likeness (QED) is 0.391. The Bertz CT molecular complexity index is 1100. The second-order valence-corrected chi connectivity index (χ2v) is 8.99. The van der Waals surface area contributed by atoms with E-state index in [1.165, 1.54) is 4.88 Å². The highest BCUT2D eigenvalue weighted by Gasteiger charge is 2.32. The first-order valence-electron chi connectivity index (χ1n) is 10.2. The zero-order valence-corrected chi connectivity index (χ0v) is 17.9. The van der Waals surface area contributed by atoms with Crippen molar-refractivity contribution in [2.75, 3.05) is 0 Å². The Hall–Kier alpha value is -2.25. The fraction of sp³-hybridized carbons (Fsp3) is 0.409. The number of aromatic nitrogens is 2. The number of unbranched alkanes of at least 4 members (excludes halogenated alkanes) is 2. The lowest BCUT2D eigenvalue weighted by molar-refractivity contribution is -0.132. The van der Waals surface area contributed by atoms with Gasteiger partial charge in [-0.1, -0.05) is 24.6 Å². The van der Waals surface area contributed by atoms with Gasteiger partial charge >= 0.3 is 0 Å². The standard InChI is InChI=1S/C22H25N3O2S2/c26-20(25(16-11-12-16)15-17-7-6-14-29-17)10-2-1-5-13-24-21(27)18-8-3-4-9-19(18)23-22(24)28/h3-4,6-9,14,16H,1-2,5,10-13,15H2,(H,23,28). The van der Waals surface area contributed by atoms with Gasteiger partial charge in [0, 0.05) is 23.9 Å². The number of H-pyrrole nitrogens is 1. The molecule has 1 aliphatic rings. The third-order valence-electron chi connectivity index (χ3n) is 5.38. The van der Waals surface area contributed by atoms with E-state index in [9.17, 15) is 9.59 Å². The van der Waals surface area contributed by atoms with Crippen LogP contribution in [0.15, 0.2) is 46.6 Å². The molecule has 0 spiro atoms. The molecule has 0 aliphatic heterocycles. The summed E-state index contributed by atoms with van der Waals surface area (Å²) < 4.78 is 2.09. The summed E-state index contributed by atoms with van der Waals surface area (Å²) in [5, 5.41) is 2.72. The third-order valence-corrected chi connectivity index (χ3v) is 6.56. The monoisotopic (exact) mass is 427 g/mol. The Morgan fingerprint density at radius 2 is 2.00 bits per heavy atom. The molecule has 1 aromatic carbocycles. The molecule has 1 N–H and O–H groups in total. The number of hydrogen-bond donors (Lipinski definition) is 1. The van der Waals surface area contributed by atoms with Crippen molar-refractivity contribution in [3.8, 4) is 0 Å². The summed E-state index contributed by atoms with van der Waals surface area (Å²) >= 11 is 7.07. The van der Waals surface area contributed by atoms with Crippen LogP contribution in [0.5, 0.6) is 0 Å². The SMILES string of the molecule is O=C(CCCCCn1c(=S)[nH]c2ccccc2c1=O)N(Cc1cccs1)C1CC1. The summed E-state index contributed by atoms with van der Waals surface area (Å²) in [6, 6.07) is 12.0. The van der Waals surface area contributed by atoms with E-state index >= 15 is 0 Å². The molecule has 1 aliphatic carbocycles. The van der Waals surface area contributed by atoms with Crippen molar-refractivity contribution < 1.29 is 4.79 Å². The van der Waals surface area contributed by atoms with Crippen LogP contribution in [0, 0.1) is 4.77 Å². The summed E-state index contributed by atoms with van der Waals surface area (Å²) in [6.45, 7) is 1.32. The van der Waals surface area contributed by atoms with Crippen molar-refractivity contribution in [2.45, 2.75) is 57.7 Å². The number of nitrogens with zero attached hydrogens (tertiary/aromatic N) is 2. The number of carbonyl (C=O) groups is 1. The molecule has 1 amide bonds. The number of hydrogen-bond acceptors (Lipinski definition) is 4. The molecule has 0 radical (unpaired) electrons. The number of amides is 1. The lowest BCUT2D eigenvalue weighted by atomic mass is 10.1. The maximum Gasteiger partial charge on any atom is 0.262 e. The fourth-order valence-corrected chi connectivity index (χ4v) is 4.63. The Morgan fingerprint density at radius 1 is 1.17 bits per heavy atom. The highest BCUT2D eigenvalue weighted by atomic mass is 32.1. The summed E-state index contributed by atoms with van der Waals surface area (Å²) in [7, 11) is 0. The van der Waals surface area contributed by atoms with E-state index in [4.69, 9.17) is 12.2 Å². The van der Waals surface area contributed by atoms with Crippen LogP contribution in [0.1, 0.15) is 43.4 Å². The summed E-state index contributed by atoms with van der Waals surface area (Å²) in [6.07, 6.45) is 5.39. The van der Waals surface area contributed by atoms with Crippen molar-refractivity contribution in [1.82, 2.24) is 14.5 Å². The molecule has 7 heteroatoms. The van der Waals surface area contributed by atoms with Gasteiger partial charge in [0.25, 0.3) is 5.56 Å². The van der Waals surface area contributed by atoms with Crippen LogP contribution in [0.3, 0.4) is 0 Å². The van der Waals surface area contributed by atoms with Crippen LogP contribution in [-0.2, 0) is 17.9 Å². The number of benzene rings is 1. The van der Waals surface area contributed by atoms with E-state index < -0.39 is 0 Å². The fourth-order valence-electron chi connectivity index (χ4n) is 3.65. The normalized spacial score (nSPS) is 13.7. The van der Waals surface area contributed by atoms with Gasteiger partial charge in [0.15, 0.2) is 4.77 Å². The number of para-hydroxylation sites is 1. The molecule has 0 atom stereocenters. The number of nitrogens with one attached hydrogen (secondary N) is 1. The first-order chi connectivity index (χ1) is 14.1. The van der Waals surface area contributed by atoms with Crippen LogP contribution in [0.25, 0.3) is 10.9 Å². The maximum atomic E-state index is 12.7. The van der Waals surface area contributed by atoms with E-state index in [2.05, 4.69) is 21.3 Å². The summed E-state index contributed by atoms with van der Waals surface area (Å²) in [5.74, 6) is 0.251. The van der Waals surface area contributed by atoms with Gasteiger partial charge in [0.05, 0.1) is 17.4 Å². The summed E-state index contributed by atoms with van der Waals surface area (Å²) in [5.41, 5.74) is 0.728. The van der Waals surface area contributed by atoms with Crippen LogP contribution in [0.2, 0.25) is 0 Å². The zero-order valence-electron chi connectivity index (χ0n) is 16.3. The first kappa shape index (κ1) is 20.0. The molecule has 1 saturated carbocycles. The molecule has 0 saturated heterocycles. The van der Waals surface area contributed by atoms with E-state index in [0.717, 1.165) is 44.2 Å². The van der Waals surface area contributed by atoms with Gasteiger partial charge in [-0.25, -0.2) is 0 Å². The van der Waals surface area contributed by atoms with Gasteiger partial charge in [0.2, 0.25) is 5.91 Å². The molecular weight excluding hydrogens is 402 g/mol. The Kier molecular flexibility index (Phi) is 6.25. The molecule has 3 aromatic rings. The predicted octanol–water partition coefficient (Wildman–Crippen LogP) is 4.87.